The number of fused-ring (bicyclic) bond motifs is 1. The molecule has 2 amide bonds. The van der Waals surface area contributed by atoms with Crippen molar-refractivity contribution < 1.29 is 32.6 Å². The van der Waals surface area contributed by atoms with E-state index in [2.05, 4.69) is 5.32 Å². The maximum Gasteiger partial charge on any atom is 0.411 e. The van der Waals surface area contributed by atoms with Crippen LogP contribution in [0.25, 0.3) is 0 Å². The van der Waals surface area contributed by atoms with E-state index >= 15 is 0 Å². The molecule has 1 aliphatic heterocycles. The first kappa shape index (κ1) is 27.4. The van der Waals surface area contributed by atoms with Gasteiger partial charge < -0.3 is 19.5 Å². The van der Waals surface area contributed by atoms with Gasteiger partial charge in [0.05, 0.1) is 13.7 Å². The van der Waals surface area contributed by atoms with E-state index in [9.17, 15) is 18.4 Å². The Balaban J connectivity index is 1.97. The number of carbonyl (C=O) groups is 2. The molecule has 7 nitrogen and oxygen atoms in total. The fourth-order valence-corrected chi connectivity index (χ4v) is 4.47. The number of halogens is 2. The third kappa shape index (κ3) is 5.95. The van der Waals surface area contributed by atoms with E-state index in [1.165, 1.54) is 12.0 Å². The number of nitrogens with one attached hydrogen (secondary N) is 1. The highest BCUT2D eigenvalue weighted by Crippen LogP contribution is 2.35. The molecule has 0 saturated carbocycles. The second kappa shape index (κ2) is 10.4. The Morgan fingerprint density at radius 1 is 1.06 bits per heavy atom. The fraction of sp³-hybridized carbons (Fsp3) is 0.481. The molecule has 0 fully saturated rings. The zero-order valence-corrected chi connectivity index (χ0v) is 21.8. The third-order valence-electron chi connectivity index (χ3n) is 5.95. The molecule has 2 aromatic carbocycles. The molecule has 196 valence electrons. The van der Waals surface area contributed by atoms with Gasteiger partial charge in [0.25, 0.3) is 5.91 Å². The summed E-state index contributed by atoms with van der Waals surface area (Å²) in [7, 11) is 3.00. The molecule has 2 aromatic rings. The Bertz CT molecular complexity index is 1120. The number of ether oxygens (including phenoxy) is 3. The third-order valence-corrected chi connectivity index (χ3v) is 5.95. The summed E-state index contributed by atoms with van der Waals surface area (Å²) in [6.07, 6.45) is -0.166. The van der Waals surface area contributed by atoms with Gasteiger partial charge in [0.2, 0.25) is 0 Å². The Morgan fingerprint density at radius 3 is 2.25 bits per heavy atom. The van der Waals surface area contributed by atoms with Gasteiger partial charge in [-0.2, -0.15) is 0 Å². The predicted molar refractivity (Wildman–Crippen MR) is 132 cm³/mol. The highest BCUT2D eigenvalue weighted by Gasteiger charge is 2.38. The molecule has 9 heteroatoms. The van der Waals surface area contributed by atoms with Crippen LogP contribution in [-0.2, 0) is 26.1 Å². The van der Waals surface area contributed by atoms with E-state index in [-0.39, 0.29) is 24.4 Å². The molecule has 0 unspecified atom stereocenters. The number of carbonyl (C=O) groups excluding carboxylic acids is 2. The Kier molecular flexibility index (Phi) is 7.93. The van der Waals surface area contributed by atoms with Crippen molar-refractivity contribution >= 4 is 17.7 Å². The highest BCUT2D eigenvalue weighted by molar-refractivity contribution is 5.98. The molecule has 1 atom stereocenters. The topological polar surface area (TPSA) is 77.1 Å². The van der Waals surface area contributed by atoms with Crippen molar-refractivity contribution in [3.8, 4) is 5.75 Å². The van der Waals surface area contributed by atoms with Gasteiger partial charge in [-0.15, -0.1) is 0 Å². The van der Waals surface area contributed by atoms with Gasteiger partial charge >= 0.3 is 6.09 Å². The molecule has 0 aromatic heterocycles. The molecule has 0 radical (unpaired) electrons. The normalized spacial score (nSPS) is 15.8. The minimum atomic E-state index is -1.06. The molecule has 1 N–H and O–H groups in total. The Labute approximate surface area is 210 Å². The van der Waals surface area contributed by atoms with Crippen molar-refractivity contribution in [1.29, 1.82) is 0 Å². The minimum Gasteiger partial charge on any atom is -0.497 e. The van der Waals surface area contributed by atoms with Crippen LogP contribution in [-0.4, -0.2) is 49.9 Å². The van der Waals surface area contributed by atoms with Crippen molar-refractivity contribution in [3.63, 3.8) is 0 Å². The van der Waals surface area contributed by atoms with E-state index in [1.54, 1.807) is 53.9 Å². The molecular weight excluding hydrogens is 470 g/mol. The summed E-state index contributed by atoms with van der Waals surface area (Å²) in [5.74, 6) is -1.60. The van der Waals surface area contributed by atoms with E-state index in [0.29, 0.717) is 17.7 Å². The number of benzene rings is 2. The van der Waals surface area contributed by atoms with Crippen LogP contribution in [0.15, 0.2) is 30.3 Å². The lowest BCUT2D eigenvalue weighted by Gasteiger charge is -2.37. The van der Waals surface area contributed by atoms with Gasteiger partial charge in [0.15, 0.2) is 0 Å². The molecule has 36 heavy (non-hydrogen) atoms. The van der Waals surface area contributed by atoms with Gasteiger partial charge in [-0.1, -0.05) is 19.9 Å². The number of hydrogen-bond donors (Lipinski definition) is 1. The zero-order valence-electron chi connectivity index (χ0n) is 21.8. The molecule has 0 saturated heterocycles. The van der Waals surface area contributed by atoms with Crippen LogP contribution in [0.2, 0.25) is 0 Å². The van der Waals surface area contributed by atoms with E-state index in [4.69, 9.17) is 14.2 Å². The number of hydrogen-bond acceptors (Lipinski definition) is 5. The van der Waals surface area contributed by atoms with Crippen LogP contribution >= 0.6 is 0 Å². The van der Waals surface area contributed by atoms with E-state index in [0.717, 1.165) is 17.7 Å². The number of methoxy groups -OCH3 is 2. The van der Waals surface area contributed by atoms with Crippen molar-refractivity contribution in [2.45, 2.75) is 58.1 Å². The highest BCUT2D eigenvalue weighted by atomic mass is 19.1. The molecule has 0 spiro atoms. The van der Waals surface area contributed by atoms with Gasteiger partial charge in [-0.05, 0) is 62.6 Å². The number of anilines is 1. The number of amides is 2. The lowest BCUT2D eigenvalue weighted by atomic mass is 9.84. The summed E-state index contributed by atoms with van der Waals surface area (Å²) in [6, 6.07) is 6.31. The lowest BCUT2D eigenvalue weighted by Crippen LogP contribution is -2.47. The summed E-state index contributed by atoms with van der Waals surface area (Å²) in [5, 5.41) is 2.59. The van der Waals surface area contributed by atoms with Crippen molar-refractivity contribution in [1.82, 2.24) is 4.90 Å². The quantitative estimate of drug-likeness (QED) is 0.572. The van der Waals surface area contributed by atoms with E-state index < -0.39 is 40.7 Å². The number of rotatable bonds is 6. The van der Waals surface area contributed by atoms with Crippen LogP contribution in [0, 0.1) is 11.6 Å². The van der Waals surface area contributed by atoms with Crippen molar-refractivity contribution in [2.24, 2.45) is 0 Å². The van der Waals surface area contributed by atoms with Gasteiger partial charge in [0, 0.05) is 30.3 Å². The Hall–Kier alpha value is -3.20. The second-order valence-corrected chi connectivity index (χ2v) is 10.5. The molecule has 0 bridgehead atoms. The van der Waals surface area contributed by atoms with Crippen LogP contribution in [0.4, 0.5) is 19.3 Å². The standard InChI is InChI=1S/C27H34F2N2O5/c1-26(2,3)36-25(33)31-11-10-16-12-18(35-7)8-9-19(16)23(31)24(32)30-17-13-20(28)22(21(29)14-17)27(4,5)15-34-6/h8-9,12-14,23H,10-11,15H2,1-7H3,(H,30,32)/t23-/m1/s1. The monoisotopic (exact) mass is 504 g/mol. The van der Waals surface area contributed by atoms with Crippen LogP contribution < -0.4 is 10.1 Å². The maximum absolute atomic E-state index is 15.0. The van der Waals surface area contributed by atoms with Gasteiger partial charge in [-0.25, -0.2) is 13.6 Å². The van der Waals surface area contributed by atoms with Gasteiger partial charge in [-0.3, -0.25) is 9.69 Å². The smallest absolute Gasteiger partial charge is 0.411 e. The first-order chi connectivity index (χ1) is 16.8. The molecule has 3 rings (SSSR count). The first-order valence-electron chi connectivity index (χ1n) is 11.7. The lowest BCUT2D eigenvalue weighted by molar-refractivity contribution is -0.121. The largest absolute Gasteiger partial charge is 0.497 e. The summed E-state index contributed by atoms with van der Waals surface area (Å²) in [4.78, 5) is 27.9. The Morgan fingerprint density at radius 2 is 1.69 bits per heavy atom. The zero-order chi connectivity index (χ0) is 26.8. The molecule has 1 heterocycles. The summed E-state index contributed by atoms with van der Waals surface area (Å²) in [6.45, 7) is 8.88. The SMILES string of the molecule is COCC(C)(C)c1c(F)cc(NC(=O)[C@H]2c3ccc(OC)cc3CCN2C(=O)OC(C)(C)C)cc1F. The average molecular weight is 505 g/mol. The molecule has 1 aliphatic rings. The first-order valence-corrected chi connectivity index (χ1v) is 11.7. The van der Waals surface area contributed by atoms with Crippen LogP contribution in [0.3, 0.4) is 0 Å². The van der Waals surface area contributed by atoms with E-state index in [1.807, 2.05) is 6.07 Å². The maximum atomic E-state index is 15.0. The summed E-state index contributed by atoms with van der Waals surface area (Å²) < 4.78 is 45.9. The number of nitrogens with zero attached hydrogens (tertiary/aromatic N) is 1. The van der Waals surface area contributed by atoms with Crippen LogP contribution in [0.5, 0.6) is 5.75 Å². The van der Waals surface area contributed by atoms with Crippen molar-refractivity contribution in [2.75, 3.05) is 32.7 Å². The predicted octanol–water partition coefficient (Wildman–Crippen LogP) is 5.37. The van der Waals surface area contributed by atoms with Crippen LogP contribution in [0.1, 0.15) is 57.4 Å². The minimum absolute atomic E-state index is 0.0586. The average Bonchev–Trinajstić information content (AvgIpc) is 2.75. The fourth-order valence-electron chi connectivity index (χ4n) is 4.47. The molecular formula is C27H34F2N2O5. The second-order valence-electron chi connectivity index (χ2n) is 10.5. The molecule has 0 aliphatic carbocycles. The van der Waals surface area contributed by atoms with Crippen molar-refractivity contribution in [3.05, 3.63) is 58.7 Å². The summed E-state index contributed by atoms with van der Waals surface area (Å²) in [5.41, 5.74) is -0.451. The van der Waals surface area contributed by atoms with Gasteiger partial charge in [0.1, 0.15) is 29.0 Å². The summed E-state index contributed by atoms with van der Waals surface area (Å²) >= 11 is 0.